The Hall–Kier alpha value is -2.38. The second-order valence-electron chi connectivity index (χ2n) is 5.18. The van der Waals surface area contributed by atoms with Crippen molar-refractivity contribution in [1.29, 1.82) is 0 Å². The first-order chi connectivity index (χ1) is 12.3. The average molecular weight is 414 g/mol. The van der Waals surface area contributed by atoms with Gasteiger partial charge in [0.05, 0.1) is 5.69 Å². The molecule has 0 unspecified atom stereocenters. The van der Waals surface area contributed by atoms with Crippen LogP contribution in [-0.2, 0) is 5.75 Å². The molecule has 0 atom stereocenters. The van der Waals surface area contributed by atoms with Crippen LogP contribution in [0, 0.1) is 0 Å². The van der Waals surface area contributed by atoms with Gasteiger partial charge in [0.2, 0.25) is 11.8 Å². The normalized spacial score (nSPS) is 10.9. The van der Waals surface area contributed by atoms with E-state index in [-0.39, 0.29) is 0 Å². The molecule has 7 heteroatoms. The predicted octanol–water partition coefficient (Wildman–Crippen LogP) is 5.45. The molecule has 2 aromatic heterocycles. The van der Waals surface area contributed by atoms with Crippen molar-refractivity contribution >= 4 is 27.7 Å². The maximum absolute atomic E-state index is 5.70. The largest absolute Gasteiger partial charge is 0.444 e. The van der Waals surface area contributed by atoms with Crippen molar-refractivity contribution in [2.45, 2.75) is 11.0 Å². The molecule has 0 aliphatic heterocycles. The summed E-state index contributed by atoms with van der Waals surface area (Å²) in [6.45, 7) is 0. The molecule has 0 fully saturated rings. The summed E-state index contributed by atoms with van der Waals surface area (Å²) in [5, 5.41) is 8.66. The zero-order chi connectivity index (χ0) is 17.1. The maximum atomic E-state index is 5.70. The number of benzene rings is 2. The lowest BCUT2D eigenvalue weighted by molar-refractivity contribution is 0.466. The minimum atomic E-state index is 0.494. The van der Waals surface area contributed by atoms with Crippen LogP contribution in [0.1, 0.15) is 5.69 Å². The Labute approximate surface area is 156 Å². The van der Waals surface area contributed by atoms with Crippen LogP contribution in [0.25, 0.3) is 22.9 Å². The Balaban J connectivity index is 1.43. The van der Waals surface area contributed by atoms with E-state index in [0.717, 1.165) is 21.3 Å². The van der Waals surface area contributed by atoms with Crippen molar-refractivity contribution in [3.8, 4) is 22.9 Å². The van der Waals surface area contributed by atoms with Gasteiger partial charge in [-0.3, -0.25) is 0 Å². The smallest absolute Gasteiger partial charge is 0.277 e. The molecule has 2 heterocycles. The lowest BCUT2D eigenvalue weighted by Gasteiger charge is -1.95. The SMILES string of the molecule is Brc1cccc(-c2nnc(SCc3coc(-c4ccccc4)n3)o2)c1. The second-order valence-corrected chi connectivity index (χ2v) is 7.02. The summed E-state index contributed by atoms with van der Waals surface area (Å²) in [7, 11) is 0. The Morgan fingerprint density at radius 3 is 2.60 bits per heavy atom. The molecule has 2 aromatic carbocycles. The molecule has 0 amide bonds. The topological polar surface area (TPSA) is 65.0 Å². The van der Waals surface area contributed by atoms with Crippen molar-refractivity contribution in [3.05, 3.63) is 71.0 Å². The van der Waals surface area contributed by atoms with Gasteiger partial charge >= 0.3 is 0 Å². The minimum absolute atomic E-state index is 0.494. The highest BCUT2D eigenvalue weighted by Crippen LogP contribution is 2.27. The Kier molecular flexibility index (Phi) is 4.67. The van der Waals surface area contributed by atoms with Crippen LogP contribution in [0.5, 0.6) is 0 Å². The predicted molar refractivity (Wildman–Crippen MR) is 98.9 cm³/mol. The molecule has 4 aromatic rings. The summed E-state index contributed by atoms with van der Waals surface area (Å²) in [5.41, 5.74) is 2.65. The number of oxazole rings is 1. The Morgan fingerprint density at radius 2 is 1.76 bits per heavy atom. The van der Waals surface area contributed by atoms with Gasteiger partial charge in [-0.2, -0.15) is 0 Å². The standard InChI is InChI=1S/C18H12BrN3O2S/c19-14-8-4-7-13(9-14)17-21-22-18(24-17)25-11-15-10-23-16(20-15)12-5-2-1-3-6-12/h1-10H,11H2. The van der Waals surface area contributed by atoms with Gasteiger partial charge in [-0.15, -0.1) is 10.2 Å². The number of hydrogen-bond acceptors (Lipinski definition) is 6. The van der Waals surface area contributed by atoms with Crippen LogP contribution < -0.4 is 0 Å². The minimum Gasteiger partial charge on any atom is -0.444 e. The van der Waals surface area contributed by atoms with Gasteiger partial charge in [0.15, 0.2) is 0 Å². The van der Waals surface area contributed by atoms with E-state index in [1.165, 1.54) is 11.8 Å². The Morgan fingerprint density at radius 1 is 0.920 bits per heavy atom. The maximum Gasteiger partial charge on any atom is 0.277 e. The first-order valence-corrected chi connectivity index (χ1v) is 9.28. The number of aromatic nitrogens is 3. The zero-order valence-electron chi connectivity index (χ0n) is 12.9. The highest BCUT2D eigenvalue weighted by Gasteiger charge is 2.12. The van der Waals surface area contributed by atoms with Gasteiger partial charge in [-0.1, -0.05) is 52.0 Å². The molecule has 0 N–H and O–H groups in total. The van der Waals surface area contributed by atoms with Crippen LogP contribution in [0.4, 0.5) is 0 Å². The molecule has 5 nitrogen and oxygen atoms in total. The molecule has 124 valence electrons. The van der Waals surface area contributed by atoms with Crippen LogP contribution in [0.3, 0.4) is 0 Å². The van der Waals surface area contributed by atoms with E-state index in [9.17, 15) is 0 Å². The first-order valence-electron chi connectivity index (χ1n) is 7.50. The number of halogens is 1. The van der Waals surface area contributed by atoms with Gasteiger partial charge in [0.25, 0.3) is 5.22 Å². The second kappa shape index (κ2) is 7.25. The van der Waals surface area contributed by atoms with Crippen molar-refractivity contribution in [3.63, 3.8) is 0 Å². The lowest BCUT2D eigenvalue weighted by atomic mass is 10.2. The summed E-state index contributed by atoms with van der Waals surface area (Å²) < 4.78 is 12.2. The summed E-state index contributed by atoms with van der Waals surface area (Å²) in [6, 6.07) is 17.5. The molecule has 0 aliphatic carbocycles. The fourth-order valence-electron chi connectivity index (χ4n) is 2.23. The van der Waals surface area contributed by atoms with Crippen molar-refractivity contribution in [2.75, 3.05) is 0 Å². The molecular weight excluding hydrogens is 402 g/mol. The number of rotatable bonds is 5. The highest BCUT2D eigenvalue weighted by molar-refractivity contribution is 9.10. The molecule has 0 radical (unpaired) electrons. The van der Waals surface area contributed by atoms with Crippen molar-refractivity contribution in [2.24, 2.45) is 0 Å². The molecule has 0 spiro atoms. The highest BCUT2D eigenvalue weighted by atomic mass is 79.9. The fraction of sp³-hybridized carbons (Fsp3) is 0.0556. The van der Waals surface area contributed by atoms with Crippen LogP contribution in [-0.4, -0.2) is 15.2 Å². The first kappa shape index (κ1) is 16.1. The Bertz CT molecular complexity index is 985. The third kappa shape index (κ3) is 3.83. The van der Waals surface area contributed by atoms with Crippen LogP contribution >= 0.6 is 27.7 Å². The van der Waals surface area contributed by atoms with Gasteiger partial charge < -0.3 is 8.83 Å². The van der Waals surface area contributed by atoms with Gasteiger partial charge in [0, 0.05) is 21.4 Å². The third-order valence-electron chi connectivity index (χ3n) is 3.39. The number of nitrogens with zero attached hydrogens (tertiary/aromatic N) is 3. The van der Waals surface area contributed by atoms with E-state index >= 15 is 0 Å². The molecule has 25 heavy (non-hydrogen) atoms. The molecule has 0 aliphatic rings. The molecule has 0 bridgehead atoms. The monoisotopic (exact) mass is 413 g/mol. The van der Waals surface area contributed by atoms with Crippen LogP contribution in [0.2, 0.25) is 0 Å². The van der Waals surface area contributed by atoms with Gasteiger partial charge in [-0.25, -0.2) is 4.98 Å². The molecule has 0 saturated carbocycles. The quantitative estimate of drug-likeness (QED) is 0.405. The number of hydrogen-bond donors (Lipinski definition) is 0. The lowest BCUT2D eigenvalue weighted by Crippen LogP contribution is -1.82. The average Bonchev–Trinajstić information content (AvgIpc) is 3.30. The molecule has 4 rings (SSSR count). The van der Waals surface area contributed by atoms with E-state index < -0.39 is 0 Å². The van der Waals surface area contributed by atoms with E-state index in [1.54, 1.807) is 6.26 Å². The fourth-order valence-corrected chi connectivity index (χ4v) is 3.27. The van der Waals surface area contributed by atoms with E-state index in [2.05, 4.69) is 31.1 Å². The third-order valence-corrected chi connectivity index (χ3v) is 4.74. The summed E-state index contributed by atoms with van der Waals surface area (Å²) in [6.07, 6.45) is 1.65. The van der Waals surface area contributed by atoms with E-state index in [4.69, 9.17) is 8.83 Å². The summed E-state index contributed by atoms with van der Waals surface area (Å²) in [4.78, 5) is 4.49. The summed E-state index contributed by atoms with van der Waals surface area (Å²) >= 11 is 4.86. The molecular formula is C18H12BrN3O2S. The van der Waals surface area contributed by atoms with Crippen LogP contribution in [0.15, 0.2) is 79.4 Å². The molecule has 0 saturated heterocycles. The van der Waals surface area contributed by atoms with E-state index in [0.29, 0.717) is 22.8 Å². The summed E-state index contributed by atoms with van der Waals surface area (Å²) in [5.74, 6) is 1.70. The number of thioether (sulfide) groups is 1. The zero-order valence-corrected chi connectivity index (χ0v) is 15.3. The van der Waals surface area contributed by atoms with E-state index in [1.807, 2.05) is 54.6 Å². The van der Waals surface area contributed by atoms with Gasteiger partial charge in [0.1, 0.15) is 6.26 Å². The van der Waals surface area contributed by atoms with Gasteiger partial charge in [-0.05, 0) is 30.3 Å². The van der Waals surface area contributed by atoms with Crippen molar-refractivity contribution in [1.82, 2.24) is 15.2 Å². The van der Waals surface area contributed by atoms with Crippen molar-refractivity contribution < 1.29 is 8.83 Å².